The van der Waals surface area contributed by atoms with Gasteiger partial charge in [-0.1, -0.05) is 23.7 Å². The minimum atomic E-state index is -0.582. The van der Waals surface area contributed by atoms with Gasteiger partial charge in [0.05, 0.1) is 11.4 Å². The van der Waals surface area contributed by atoms with Crippen LogP contribution in [-0.2, 0) is 16.0 Å². The first-order valence-corrected chi connectivity index (χ1v) is 8.99. The minimum absolute atomic E-state index is 0.131. The second-order valence-electron chi connectivity index (χ2n) is 6.54. The van der Waals surface area contributed by atoms with Crippen LogP contribution in [0, 0.1) is 0 Å². The van der Waals surface area contributed by atoms with E-state index >= 15 is 0 Å². The van der Waals surface area contributed by atoms with Crippen LogP contribution in [-0.4, -0.2) is 22.6 Å². The number of carbonyl (C=O) groups is 2. The summed E-state index contributed by atoms with van der Waals surface area (Å²) in [7, 11) is 0. The molecule has 0 spiro atoms. The Balaban J connectivity index is 1.98. The zero-order valence-electron chi connectivity index (χ0n) is 14.6. The Morgan fingerprint density at radius 1 is 1.23 bits per heavy atom. The van der Waals surface area contributed by atoms with Crippen LogP contribution in [0.1, 0.15) is 26.3 Å². The van der Waals surface area contributed by atoms with E-state index in [1.807, 2.05) is 0 Å². The summed E-state index contributed by atoms with van der Waals surface area (Å²) in [6.07, 6.45) is 1.03. The normalized spacial score (nSPS) is 11.0. The summed E-state index contributed by atoms with van der Waals surface area (Å²) >= 11 is 9.16. The van der Waals surface area contributed by atoms with E-state index < -0.39 is 11.7 Å². The van der Waals surface area contributed by atoms with E-state index in [4.69, 9.17) is 16.3 Å². The molecule has 0 saturated carbocycles. The maximum Gasteiger partial charge on any atom is 0.412 e. The van der Waals surface area contributed by atoms with Crippen molar-refractivity contribution in [3.05, 3.63) is 51.6 Å². The van der Waals surface area contributed by atoms with Crippen LogP contribution in [0.3, 0.4) is 0 Å². The third kappa shape index (κ3) is 6.65. The van der Waals surface area contributed by atoms with E-state index in [1.165, 1.54) is 6.20 Å². The Morgan fingerprint density at radius 3 is 2.62 bits per heavy atom. The van der Waals surface area contributed by atoms with Gasteiger partial charge in [-0.3, -0.25) is 10.1 Å². The lowest BCUT2D eigenvalue weighted by Crippen LogP contribution is -2.27. The number of nitrogens with one attached hydrogen (secondary N) is 2. The highest BCUT2D eigenvalue weighted by Gasteiger charge is 2.16. The fourth-order valence-electron chi connectivity index (χ4n) is 2.04. The van der Waals surface area contributed by atoms with Crippen molar-refractivity contribution < 1.29 is 14.3 Å². The van der Waals surface area contributed by atoms with Gasteiger partial charge >= 0.3 is 6.09 Å². The average molecular weight is 441 g/mol. The molecule has 26 heavy (non-hydrogen) atoms. The van der Waals surface area contributed by atoms with E-state index in [0.717, 1.165) is 5.56 Å². The fourth-order valence-corrected chi connectivity index (χ4v) is 2.46. The topological polar surface area (TPSA) is 80.3 Å². The Labute approximate surface area is 165 Å². The Morgan fingerprint density at radius 2 is 1.96 bits per heavy atom. The first-order valence-electron chi connectivity index (χ1n) is 7.82. The van der Waals surface area contributed by atoms with Crippen molar-refractivity contribution in [2.75, 3.05) is 10.6 Å². The zero-order chi connectivity index (χ0) is 19.3. The molecule has 0 unspecified atom stereocenters. The highest BCUT2D eigenvalue weighted by atomic mass is 79.9. The second kappa shape index (κ2) is 8.51. The van der Waals surface area contributed by atoms with Crippen molar-refractivity contribution in [3.8, 4) is 0 Å². The smallest absolute Gasteiger partial charge is 0.412 e. The van der Waals surface area contributed by atoms with Gasteiger partial charge in [-0.05, 0) is 60.5 Å². The molecule has 0 aliphatic rings. The molecule has 1 aromatic carbocycles. The highest BCUT2D eigenvalue weighted by molar-refractivity contribution is 9.10. The first kappa shape index (κ1) is 20.2. The Hall–Kier alpha value is -2.12. The van der Waals surface area contributed by atoms with Gasteiger partial charge in [-0.25, -0.2) is 9.78 Å². The fraction of sp³-hybridized carbons (Fsp3) is 0.278. The number of amides is 2. The number of anilines is 2. The standard InChI is InChI=1S/C18H19BrClN3O3/c1-18(2,3)26-17(25)22-12-6-4-5-11(7-12)8-16(24)23-15-9-13(19)14(20)10-21-15/h4-7,9-10H,8H2,1-3H3,(H,22,25)(H,21,23,24). The molecule has 0 radical (unpaired) electrons. The maximum absolute atomic E-state index is 12.2. The van der Waals surface area contributed by atoms with E-state index in [2.05, 4.69) is 31.5 Å². The van der Waals surface area contributed by atoms with E-state index in [-0.39, 0.29) is 12.3 Å². The molecule has 2 aromatic rings. The number of hydrogen-bond donors (Lipinski definition) is 2. The molecule has 8 heteroatoms. The number of aromatic nitrogens is 1. The molecule has 6 nitrogen and oxygen atoms in total. The van der Waals surface area contributed by atoms with E-state index in [9.17, 15) is 9.59 Å². The number of benzene rings is 1. The van der Waals surface area contributed by atoms with Crippen molar-refractivity contribution in [1.82, 2.24) is 4.98 Å². The molecule has 1 heterocycles. The minimum Gasteiger partial charge on any atom is -0.444 e. The summed E-state index contributed by atoms with van der Waals surface area (Å²) in [5, 5.41) is 5.81. The van der Waals surface area contributed by atoms with Gasteiger partial charge < -0.3 is 10.1 Å². The first-order chi connectivity index (χ1) is 12.1. The number of rotatable bonds is 4. The van der Waals surface area contributed by atoms with Crippen LogP contribution in [0.4, 0.5) is 16.3 Å². The van der Waals surface area contributed by atoms with E-state index in [0.29, 0.717) is 21.0 Å². The van der Waals surface area contributed by atoms with Gasteiger partial charge in [0, 0.05) is 16.4 Å². The average Bonchev–Trinajstić information content (AvgIpc) is 2.49. The summed E-state index contributed by atoms with van der Waals surface area (Å²) in [5.74, 6) is 0.162. The maximum atomic E-state index is 12.2. The van der Waals surface area contributed by atoms with Crippen LogP contribution in [0.15, 0.2) is 41.0 Å². The zero-order valence-corrected chi connectivity index (χ0v) is 16.9. The number of halogens is 2. The molecular formula is C18H19BrClN3O3. The highest BCUT2D eigenvalue weighted by Crippen LogP contribution is 2.23. The lowest BCUT2D eigenvalue weighted by Gasteiger charge is -2.19. The monoisotopic (exact) mass is 439 g/mol. The Bertz CT molecular complexity index is 822. The molecule has 2 N–H and O–H groups in total. The van der Waals surface area contributed by atoms with Crippen molar-refractivity contribution in [2.45, 2.75) is 32.8 Å². The molecule has 0 bridgehead atoms. The van der Waals surface area contributed by atoms with Gasteiger partial charge in [-0.2, -0.15) is 0 Å². The van der Waals surface area contributed by atoms with Crippen LogP contribution >= 0.6 is 27.5 Å². The summed E-state index contributed by atoms with van der Waals surface area (Å²) < 4.78 is 5.86. The van der Waals surface area contributed by atoms with Gasteiger partial charge in [-0.15, -0.1) is 0 Å². The number of carbonyl (C=O) groups excluding carboxylic acids is 2. The van der Waals surface area contributed by atoms with Gasteiger partial charge in [0.15, 0.2) is 0 Å². The molecule has 0 atom stereocenters. The molecule has 2 rings (SSSR count). The quantitative estimate of drug-likeness (QED) is 0.699. The van der Waals surface area contributed by atoms with Crippen molar-refractivity contribution in [3.63, 3.8) is 0 Å². The third-order valence-electron chi connectivity index (χ3n) is 3.01. The molecular weight excluding hydrogens is 422 g/mol. The van der Waals surface area contributed by atoms with E-state index in [1.54, 1.807) is 51.1 Å². The summed E-state index contributed by atoms with van der Waals surface area (Å²) in [6.45, 7) is 5.36. The summed E-state index contributed by atoms with van der Waals surface area (Å²) in [4.78, 5) is 28.1. The predicted octanol–water partition coefficient (Wildman–Crippen LogP) is 5.03. The SMILES string of the molecule is CC(C)(C)OC(=O)Nc1cccc(CC(=O)Nc2cc(Br)c(Cl)cn2)c1. The van der Waals surface area contributed by atoms with Crippen LogP contribution < -0.4 is 10.6 Å². The van der Waals surface area contributed by atoms with Crippen molar-refractivity contribution in [2.24, 2.45) is 0 Å². The van der Waals surface area contributed by atoms with Crippen molar-refractivity contribution >= 4 is 51.0 Å². The van der Waals surface area contributed by atoms with Crippen LogP contribution in [0.25, 0.3) is 0 Å². The van der Waals surface area contributed by atoms with Gasteiger partial charge in [0.25, 0.3) is 0 Å². The largest absolute Gasteiger partial charge is 0.444 e. The Kier molecular flexibility index (Phi) is 6.61. The molecule has 138 valence electrons. The third-order valence-corrected chi connectivity index (χ3v) is 4.20. The lowest BCUT2D eigenvalue weighted by atomic mass is 10.1. The van der Waals surface area contributed by atoms with Gasteiger partial charge in [0.2, 0.25) is 5.91 Å². The summed E-state index contributed by atoms with van der Waals surface area (Å²) in [6, 6.07) is 8.62. The second-order valence-corrected chi connectivity index (χ2v) is 7.80. The molecule has 2 amide bonds. The number of pyridine rings is 1. The molecule has 0 saturated heterocycles. The molecule has 0 fully saturated rings. The lowest BCUT2D eigenvalue weighted by molar-refractivity contribution is -0.115. The molecule has 0 aliphatic carbocycles. The summed E-state index contributed by atoms with van der Waals surface area (Å²) in [5.41, 5.74) is 0.711. The van der Waals surface area contributed by atoms with Crippen molar-refractivity contribution in [1.29, 1.82) is 0 Å². The van der Waals surface area contributed by atoms with Crippen LogP contribution in [0.2, 0.25) is 5.02 Å². The number of ether oxygens (including phenoxy) is 1. The predicted molar refractivity (Wildman–Crippen MR) is 106 cm³/mol. The number of nitrogens with zero attached hydrogens (tertiary/aromatic N) is 1. The molecule has 0 aliphatic heterocycles. The number of hydrogen-bond acceptors (Lipinski definition) is 4. The molecule has 1 aromatic heterocycles. The van der Waals surface area contributed by atoms with Gasteiger partial charge in [0.1, 0.15) is 11.4 Å². The van der Waals surface area contributed by atoms with Crippen LogP contribution in [0.5, 0.6) is 0 Å².